The van der Waals surface area contributed by atoms with Crippen LogP contribution in [0.25, 0.3) is 11.0 Å². The van der Waals surface area contributed by atoms with Gasteiger partial charge >= 0.3 is 0 Å². The van der Waals surface area contributed by atoms with Gasteiger partial charge in [0, 0.05) is 26.3 Å². The predicted octanol–water partition coefficient (Wildman–Crippen LogP) is 2.90. The highest BCUT2D eigenvalue weighted by Gasteiger charge is 2.11. The molecule has 0 saturated heterocycles. The third-order valence-corrected chi connectivity index (χ3v) is 4.15. The van der Waals surface area contributed by atoms with E-state index >= 15 is 0 Å². The minimum atomic E-state index is 0.721. The van der Waals surface area contributed by atoms with Crippen molar-refractivity contribution in [2.75, 3.05) is 7.05 Å². The summed E-state index contributed by atoms with van der Waals surface area (Å²) >= 11 is 0. The molecule has 2 heterocycles. The second-order valence-electron chi connectivity index (χ2n) is 5.88. The van der Waals surface area contributed by atoms with Gasteiger partial charge in [0.15, 0.2) is 0 Å². The summed E-state index contributed by atoms with van der Waals surface area (Å²) < 4.78 is 4.13. The van der Waals surface area contributed by atoms with Crippen LogP contribution in [0.15, 0.2) is 36.5 Å². The Bertz CT molecular complexity index is 865. The molecule has 0 aliphatic carbocycles. The van der Waals surface area contributed by atoms with E-state index in [1.165, 1.54) is 0 Å². The number of rotatable bonds is 5. The molecule has 23 heavy (non-hydrogen) atoms. The maximum absolute atomic E-state index is 9.15. The largest absolute Gasteiger partial charge is 0.339 e. The number of nitriles is 1. The van der Waals surface area contributed by atoms with E-state index in [-0.39, 0.29) is 0 Å². The van der Waals surface area contributed by atoms with Crippen molar-refractivity contribution in [2.45, 2.75) is 26.6 Å². The first-order valence-corrected chi connectivity index (χ1v) is 7.80. The Labute approximate surface area is 136 Å². The number of aromatic nitrogens is 3. The van der Waals surface area contributed by atoms with E-state index in [9.17, 15) is 0 Å². The van der Waals surface area contributed by atoms with Crippen LogP contribution in [0.4, 0.5) is 0 Å². The fourth-order valence-corrected chi connectivity index (χ4v) is 2.96. The van der Waals surface area contributed by atoms with Gasteiger partial charge in [0.25, 0.3) is 0 Å². The van der Waals surface area contributed by atoms with Crippen LogP contribution in [-0.4, -0.2) is 26.1 Å². The Morgan fingerprint density at radius 1 is 1.26 bits per heavy atom. The van der Waals surface area contributed by atoms with Crippen LogP contribution < -0.4 is 0 Å². The first-order valence-electron chi connectivity index (χ1n) is 7.80. The summed E-state index contributed by atoms with van der Waals surface area (Å²) in [7, 11) is 4.13. The first kappa shape index (κ1) is 15.3. The van der Waals surface area contributed by atoms with Gasteiger partial charge in [-0.3, -0.25) is 4.90 Å². The molecular weight excluding hydrogens is 286 g/mol. The number of hydrogen-bond acceptors (Lipinski definition) is 3. The molecule has 3 rings (SSSR count). The molecule has 0 atom stereocenters. The Morgan fingerprint density at radius 3 is 2.70 bits per heavy atom. The molecule has 0 amide bonds. The molecule has 0 aliphatic rings. The molecule has 0 spiro atoms. The Balaban J connectivity index is 1.76. The van der Waals surface area contributed by atoms with Crippen molar-refractivity contribution in [3.63, 3.8) is 0 Å². The van der Waals surface area contributed by atoms with Crippen LogP contribution in [0.3, 0.4) is 0 Å². The molecule has 0 aliphatic heterocycles. The van der Waals surface area contributed by atoms with Crippen LogP contribution in [-0.2, 0) is 26.7 Å². The van der Waals surface area contributed by atoms with Gasteiger partial charge in [-0.15, -0.1) is 0 Å². The van der Waals surface area contributed by atoms with Crippen LogP contribution in [0, 0.1) is 11.3 Å². The lowest BCUT2D eigenvalue weighted by Crippen LogP contribution is -2.19. The second-order valence-corrected chi connectivity index (χ2v) is 5.88. The van der Waals surface area contributed by atoms with E-state index in [0.29, 0.717) is 0 Å². The SMILES string of the molecule is CCn1cc(CN(C)Cc2nc3ccccc3n2C)cc1C#N. The third-order valence-electron chi connectivity index (χ3n) is 4.15. The summed E-state index contributed by atoms with van der Waals surface area (Å²) in [6.07, 6.45) is 2.06. The molecule has 0 fully saturated rings. The Morgan fingerprint density at radius 2 is 2.04 bits per heavy atom. The summed E-state index contributed by atoms with van der Waals surface area (Å²) in [5, 5.41) is 9.15. The van der Waals surface area contributed by atoms with Gasteiger partial charge in [-0.05, 0) is 37.7 Å². The lowest BCUT2D eigenvalue weighted by Gasteiger charge is -2.15. The average Bonchev–Trinajstić information content (AvgIpc) is 3.09. The van der Waals surface area contributed by atoms with Crippen LogP contribution in [0.1, 0.15) is 24.0 Å². The van der Waals surface area contributed by atoms with Crippen molar-refractivity contribution in [3.05, 3.63) is 53.6 Å². The normalized spacial score (nSPS) is 11.3. The smallest absolute Gasteiger partial charge is 0.123 e. The van der Waals surface area contributed by atoms with Crippen LogP contribution in [0.5, 0.6) is 0 Å². The molecule has 0 N–H and O–H groups in total. The van der Waals surface area contributed by atoms with Gasteiger partial charge in [0.1, 0.15) is 17.6 Å². The van der Waals surface area contributed by atoms with E-state index in [1.807, 2.05) is 35.8 Å². The number of imidazole rings is 1. The molecule has 1 aromatic carbocycles. The van der Waals surface area contributed by atoms with Crippen LogP contribution >= 0.6 is 0 Å². The fraction of sp³-hybridized carbons (Fsp3) is 0.333. The quantitative estimate of drug-likeness (QED) is 0.728. The van der Waals surface area contributed by atoms with Crippen molar-refractivity contribution in [1.29, 1.82) is 5.26 Å². The molecule has 0 bridgehead atoms. The van der Waals surface area contributed by atoms with Gasteiger partial charge < -0.3 is 9.13 Å². The summed E-state index contributed by atoms with van der Waals surface area (Å²) in [5.74, 6) is 1.05. The van der Waals surface area contributed by atoms with E-state index in [4.69, 9.17) is 10.2 Å². The van der Waals surface area contributed by atoms with Crippen molar-refractivity contribution < 1.29 is 0 Å². The van der Waals surface area contributed by atoms with Crippen molar-refractivity contribution in [1.82, 2.24) is 19.0 Å². The van der Waals surface area contributed by atoms with E-state index < -0.39 is 0 Å². The van der Waals surface area contributed by atoms with E-state index in [1.54, 1.807) is 0 Å². The summed E-state index contributed by atoms with van der Waals surface area (Å²) in [6.45, 7) is 4.43. The third kappa shape index (κ3) is 2.99. The number of aryl methyl sites for hydroxylation is 2. The minimum absolute atomic E-state index is 0.721. The van der Waals surface area contributed by atoms with E-state index in [2.05, 4.69) is 41.9 Å². The number of nitrogens with zero attached hydrogens (tertiary/aromatic N) is 5. The predicted molar refractivity (Wildman–Crippen MR) is 90.7 cm³/mol. The van der Waals surface area contributed by atoms with E-state index in [0.717, 1.165) is 47.7 Å². The number of benzene rings is 1. The zero-order valence-electron chi connectivity index (χ0n) is 13.8. The summed E-state index contributed by atoms with van der Waals surface area (Å²) in [5.41, 5.74) is 4.06. The molecule has 118 valence electrons. The highest BCUT2D eigenvalue weighted by molar-refractivity contribution is 5.75. The van der Waals surface area contributed by atoms with Gasteiger partial charge in [0.05, 0.1) is 17.6 Å². The zero-order chi connectivity index (χ0) is 16.4. The number of hydrogen-bond donors (Lipinski definition) is 0. The van der Waals surface area contributed by atoms with Gasteiger partial charge in [-0.1, -0.05) is 12.1 Å². The van der Waals surface area contributed by atoms with Gasteiger partial charge in [0.2, 0.25) is 0 Å². The maximum atomic E-state index is 9.15. The molecule has 5 nitrogen and oxygen atoms in total. The molecule has 3 aromatic rings. The summed E-state index contributed by atoms with van der Waals surface area (Å²) in [4.78, 5) is 6.93. The lowest BCUT2D eigenvalue weighted by molar-refractivity contribution is 0.307. The highest BCUT2D eigenvalue weighted by atomic mass is 15.2. The Hall–Kier alpha value is -2.58. The molecule has 0 unspecified atom stereocenters. The van der Waals surface area contributed by atoms with Crippen LogP contribution in [0.2, 0.25) is 0 Å². The lowest BCUT2D eigenvalue weighted by atomic mass is 10.3. The Kier molecular flexibility index (Phi) is 4.18. The monoisotopic (exact) mass is 307 g/mol. The van der Waals surface area contributed by atoms with Crippen molar-refractivity contribution in [2.24, 2.45) is 7.05 Å². The molecule has 0 saturated carbocycles. The van der Waals surface area contributed by atoms with Gasteiger partial charge in [-0.25, -0.2) is 4.98 Å². The topological polar surface area (TPSA) is 49.8 Å². The highest BCUT2D eigenvalue weighted by Crippen LogP contribution is 2.16. The standard InChI is InChI=1S/C18H21N5/c1-4-23-12-14(9-15(23)10-19)11-21(2)13-18-20-16-7-5-6-8-17(16)22(18)3/h5-9,12H,4,11,13H2,1-3H3. The molecule has 0 radical (unpaired) electrons. The average molecular weight is 307 g/mol. The fourth-order valence-electron chi connectivity index (χ4n) is 2.96. The van der Waals surface area contributed by atoms with Crippen molar-refractivity contribution >= 4 is 11.0 Å². The maximum Gasteiger partial charge on any atom is 0.123 e. The molecule has 2 aromatic heterocycles. The second kappa shape index (κ2) is 6.27. The zero-order valence-corrected chi connectivity index (χ0v) is 13.8. The first-order chi connectivity index (χ1) is 11.1. The minimum Gasteiger partial charge on any atom is -0.339 e. The molecule has 5 heteroatoms. The van der Waals surface area contributed by atoms with Gasteiger partial charge in [-0.2, -0.15) is 5.26 Å². The summed E-state index contributed by atoms with van der Waals surface area (Å²) in [6, 6.07) is 12.4. The molecular formula is C18H21N5. The number of para-hydroxylation sites is 2. The number of fused-ring (bicyclic) bond motifs is 1. The van der Waals surface area contributed by atoms with Crippen molar-refractivity contribution in [3.8, 4) is 6.07 Å².